The summed E-state index contributed by atoms with van der Waals surface area (Å²) in [6.07, 6.45) is 0. The zero-order chi connectivity index (χ0) is 14.6. The van der Waals surface area contributed by atoms with Crippen molar-refractivity contribution < 1.29 is 17.9 Å². The molecule has 0 saturated heterocycles. The lowest BCUT2D eigenvalue weighted by Gasteiger charge is -2.09. The lowest BCUT2D eigenvalue weighted by molar-refractivity contribution is 0.374. The summed E-state index contributed by atoms with van der Waals surface area (Å²) in [7, 11) is -2.03. The van der Waals surface area contributed by atoms with E-state index in [-0.39, 0.29) is 10.6 Å². The van der Waals surface area contributed by atoms with Crippen LogP contribution in [0.15, 0.2) is 53.4 Å². The van der Waals surface area contributed by atoms with Crippen LogP contribution in [-0.4, -0.2) is 21.5 Å². The molecular formula is C14H15NO4S. The molecule has 0 fully saturated rings. The van der Waals surface area contributed by atoms with Gasteiger partial charge in [-0.3, -0.25) is 0 Å². The van der Waals surface area contributed by atoms with E-state index < -0.39 is 15.8 Å². The van der Waals surface area contributed by atoms with E-state index in [4.69, 9.17) is 15.2 Å². The van der Waals surface area contributed by atoms with Gasteiger partial charge in [0.25, 0.3) is 0 Å². The smallest absolute Gasteiger partial charge is 0.215 e. The predicted molar refractivity (Wildman–Crippen MR) is 76.5 cm³/mol. The van der Waals surface area contributed by atoms with Gasteiger partial charge in [0.1, 0.15) is 11.5 Å². The van der Waals surface area contributed by atoms with Crippen LogP contribution in [0.4, 0.5) is 5.69 Å². The minimum Gasteiger partial charge on any atom is -0.497 e. The first-order valence-corrected chi connectivity index (χ1v) is 7.52. The Morgan fingerprint density at radius 3 is 2.20 bits per heavy atom. The summed E-state index contributed by atoms with van der Waals surface area (Å²) in [4.78, 5) is 0.0773. The van der Waals surface area contributed by atoms with Crippen molar-refractivity contribution in [1.82, 2.24) is 0 Å². The van der Waals surface area contributed by atoms with Crippen LogP contribution in [0.5, 0.6) is 11.5 Å². The minimum absolute atomic E-state index is 0.0773. The van der Waals surface area contributed by atoms with Gasteiger partial charge in [-0.1, -0.05) is 12.1 Å². The molecular weight excluding hydrogens is 278 g/mol. The van der Waals surface area contributed by atoms with Crippen LogP contribution in [0.3, 0.4) is 0 Å². The van der Waals surface area contributed by atoms with Crippen molar-refractivity contribution in [3.8, 4) is 11.5 Å². The summed E-state index contributed by atoms with van der Waals surface area (Å²) in [5, 5.41) is 0. The lowest BCUT2D eigenvalue weighted by Crippen LogP contribution is -2.14. The molecule has 0 spiro atoms. The van der Waals surface area contributed by atoms with Crippen LogP contribution in [0.25, 0.3) is 0 Å². The van der Waals surface area contributed by atoms with Crippen molar-refractivity contribution in [3.05, 3.63) is 48.5 Å². The normalized spacial score (nSPS) is 11.1. The molecule has 0 heterocycles. The number of ether oxygens (including phenoxy) is 2. The highest BCUT2D eigenvalue weighted by Gasteiger charge is 2.18. The zero-order valence-electron chi connectivity index (χ0n) is 10.9. The third kappa shape index (κ3) is 3.21. The number of rotatable bonds is 5. The van der Waals surface area contributed by atoms with Gasteiger partial charge in [-0.2, -0.15) is 0 Å². The molecule has 0 aliphatic carbocycles. The highest BCUT2D eigenvalue weighted by molar-refractivity contribution is 7.91. The molecule has 0 aromatic heterocycles. The molecule has 0 bridgehead atoms. The van der Waals surface area contributed by atoms with E-state index in [9.17, 15) is 8.42 Å². The standard InChI is InChI=1S/C14H15NO4S/c1-18-11-6-8-12(9-7-11)19-10-20(16,17)14-5-3-2-4-13(14)15/h2-9H,10,15H2,1H3. The van der Waals surface area contributed by atoms with Gasteiger partial charge in [-0.05, 0) is 36.4 Å². The average molecular weight is 293 g/mol. The number of sulfone groups is 1. The van der Waals surface area contributed by atoms with E-state index in [1.54, 1.807) is 49.6 Å². The highest BCUT2D eigenvalue weighted by atomic mass is 32.2. The van der Waals surface area contributed by atoms with Gasteiger partial charge in [0.15, 0.2) is 5.94 Å². The number of benzene rings is 2. The number of para-hydroxylation sites is 1. The number of anilines is 1. The van der Waals surface area contributed by atoms with Crippen LogP contribution in [0.2, 0.25) is 0 Å². The number of methoxy groups -OCH3 is 1. The summed E-state index contributed by atoms with van der Waals surface area (Å²) in [6, 6.07) is 13.0. The number of nitrogen functional groups attached to an aromatic ring is 1. The molecule has 0 aliphatic heterocycles. The van der Waals surface area contributed by atoms with E-state index in [1.165, 1.54) is 6.07 Å². The van der Waals surface area contributed by atoms with Crippen molar-refractivity contribution >= 4 is 15.5 Å². The van der Waals surface area contributed by atoms with Gasteiger partial charge in [0.2, 0.25) is 9.84 Å². The number of hydrogen-bond donors (Lipinski definition) is 1. The molecule has 20 heavy (non-hydrogen) atoms. The average Bonchev–Trinajstić information content (AvgIpc) is 2.46. The first-order chi connectivity index (χ1) is 9.53. The highest BCUT2D eigenvalue weighted by Crippen LogP contribution is 2.21. The fourth-order valence-electron chi connectivity index (χ4n) is 1.64. The van der Waals surface area contributed by atoms with E-state index in [2.05, 4.69) is 0 Å². The second-order valence-electron chi connectivity index (χ2n) is 4.09. The maximum absolute atomic E-state index is 12.1. The van der Waals surface area contributed by atoms with Gasteiger partial charge in [0.05, 0.1) is 17.7 Å². The maximum atomic E-state index is 12.1. The van der Waals surface area contributed by atoms with Crippen molar-refractivity contribution in [2.75, 3.05) is 18.8 Å². The monoisotopic (exact) mass is 293 g/mol. The van der Waals surface area contributed by atoms with Crippen LogP contribution in [-0.2, 0) is 9.84 Å². The molecule has 106 valence electrons. The van der Waals surface area contributed by atoms with Gasteiger partial charge in [-0.25, -0.2) is 8.42 Å². The van der Waals surface area contributed by atoms with Gasteiger partial charge >= 0.3 is 0 Å². The van der Waals surface area contributed by atoms with E-state index in [0.717, 1.165) is 0 Å². The van der Waals surface area contributed by atoms with E-state index in [1.807, 2.05) is 0 Å². The third-order valence-electron chi connectivity index (χ3n) is 2.69. The molecule has 0 atom stereocenters. The first-order valence-electron chi connectivity index (χ1n) is 5.87. The third-order valence-corrected chi connectivity index (χ3v) is 4.16. The Morgan fingerprint density at radius 2 is 1.60 bits per heavy atom. The van der Waals surface area contributed by atoms with Gasteiger partial charge < -0.3 is 15.2 Å². The van der Waals surface area contributed by atoms with Crippen LogP contribution >= 0.6 is 0 Å². The quantitative estimate of drug-likeness (QED) is 0.854. The molecule has 2 N–H and O–H groups in total. The molecule has 0 amide bonds. The molecule has 2 rings (SSSR count). The zero-order valence-corrected chi connectivity index (χ0v) is 11.8. The van der Waals surface area contributed by atoms with Crippen molar-refractivity contribution in [1.29, 1.82) is 0 Å². The van der Waals surface area contributed by atoms with Gasteiger partial charge in [-0.15, -0.1) is 0 Å². The Morgan fingerprint density at radius 1 is 1.00 bits per heavy atom. The fraction of sp³-hybridized carbons (Fsp3) is 0.143. The molecule has 6 heteroatoms. The molecule has 5 nitrogen and oxygen atoms in total. The second kappa shape index (κ2) is 5.83. The Labute approximate surface area is 117 Å². The molecule has 2 aromatic rings. The van der Waals surface area contributed by atoms with Crippen LogP contribution in [0, 0.1) is 0 Å². The van der Waals surface area contributed by atoms with Crippen molar-refractivity contribution in [3.63, 3.8) is 0 Å². The molecule has 0 saturated carbocycles. The first kappa shape index (κ1) is 14.2. The predicted octanol–water partition coefficient (Wildman–Crippen LogP) is 2.09. The summed E-state index contributed by atoms with van der Waals surface area (Å²) < 4.78 is 34.5. The van der Waals surface area contributed by atoms with Crippen LogP contribution < -0.4 is 15.2 Å². The molecule has 0 radical (unpaired) electrons. The topological polar surface area (TPSA) is 78.6 Å². The Balaban J connectivity index is 2.11. The Hall–Kier alpha value is -2.21. The minimum atomic E-state index is -3.58. The lowest BCUT2D eigenvalue weighted by atomic mass is 10.3. The number of hydrogen-bond acceptors (Lipinski definition) is 5. The van der Waals surface area contributed by atoms with Crippen molar-refractivity contribution in [2.45, 2.75) is 4.90 Å². The van der Waals surface area contributed by atoms with E-state index in [0.29, 0.717) is 11.5 Å². The molecule has 0 aliphatic rings. The SMILES string of the molecule is COc1ccc(OCS(=O)(=O)c2ccccc2N)cc1. The summed E-state index contributed by atoms with van der Waals surface area (Å²) in [6.45, 7) is 0. The molecule has 2 aromatic carbocycles. The second-order valence-corrected chi connectivity index (χ2v) is 6.00. The van der Waals surface area contributed by atoms with E-state index >= 15 is 0 Å². The fourth-order valence-corrected chi connectivity index (χ4v) is 2.78. The van der Waals surface area contributed by atoms with Crippen LogP contribution in [0.1, 0.15) is 0 Å². The summed E-state index contributed by atoms with van der Waals surface area (Å²) >= 11 is 0. The maximum Gasteiger partial charge on any atom is 0.215 e. The Kier molecular flexibility index (Phi) is 4.14. The largest absolute Gasteiger partial charge is 0.497 e. The summed E-state index contributed by atoms with van der Waals surface area (Å²) in [5.74, 6) is 0.657. The number of nitrogens with two attached hydrogens (primary N) is 1. The summed E-state index contributed by atoms with van der Waals surface area (Å²) in [5.41, 5.74) is 5.88. The Bertz CT molecular complexity index is 681. The van der Waals surface area contributed by atoms with Gasteiger partial charge in [0, 0.05) is 0 Å². The molecule has 0 unspecified atom stereocenters. The van der Waals surface area contributed by atoms with Crippen molar-refractivity contribution in [2.24, 2.45) is 0 Å².